The van der Waals surface area contributed by atoms with Crippen molar-refractivity contribution >= 4 is 34.1 Å². The number of aryl methyl sites for hydroxylation is 1. The fourth-order valence-electron chi connectivity index (χ4n) is 2.29. The van der Waals surface area contributed by atoms with Crippen LogP contribution in [0.4, 0.5) is 5.13 Å². The van der Waals surface area contributed by atoms with E-state index in [4.69, 9.17) is 4.74 Å². The molecule has 1 aromatic carbocycles. The molecule has 0 saturated heterocycles. The highest BCUT2D eigenvalue weighted by molar-refractivity contribution is 7.99. The van der Waals surface area contributed by atoms with Crippen molar-refractivity contribution in [1.82, 2.24) is 25.0 Å². The molecule has 27 heavy (non-hydrogen) atoms. The van der Waals surface area contributed by atoms with E-state index in [1.54, 1.807) is 0 Å². The predicted octanol–water partition coefficient (Wildman–Crippen LogP) is 3.10. The van der Waals surface area contributed by atoms with Gasteiger partial charge in [-0.2, -0.15) is 0 Å². The number of hydrogen-bond donors (Lipinski definition) is 1. The van der Waals surface area contributed by atoms with Crippen molar-refractivity contribution in [3.63, 3.8) is 0 Å². The van der Waals surface area contributed by atoms with Crippen LogP contribution in [0.25, 0.3) is 0 Å². The number of nitrogens with zero attached hydrogens (tertiary/aromatic N) is 5. The second kappa shape index (κ2) is 8.96. The van der Waals surface area contributed by atoms with Crippen LogP contribution in [0.1, 0.15) is 30.8 Å². The normalized spacial score (nSPS) is 12.0. The van der Waals surface area contributed by atoms with E-state index in [2.05, 4.69) is 25.7 Å². The highest BCUT2D eigenvalue weighted by Crippen LogP contribution is 2.23. The van der Waals surface area contributed by atoms with Gasteiger partial charge in [0.05, 0.1) is 5.75 Å². The Balaban J connectivity index is 1.55. The monoisotopic (exact) mass is 404 g/mol. The van der Waals surface area contributed by atoms with E-state index in [0.29, 0.717) is 16.1 Å². The molecule has 10 heteroatoms. The van der Waals surface area contributed by atoms with E-state index in [-0.39, 0.29) is 17.8 Å². The van der Waals surface area contributed by atoms with Gasteiger partial charge in [-0.05, 0) is 25.5 Å². The summed E-state index contributed by atoms with van der Waals surface area (Å²) in [5.74, 6) is 1.52. The Kier molecular flexibility index (Phi) is 6.40. The summed E-state index contributed by atoms with van der Waals surface area (Å²) in [6.45, 7) is 3.91. The van der Waals surface area contributed by atoms with Gasteiger partial charge in [0, 0.05) is 7.05 Å². The third-order valence-corrected chi connectivity index (χ3v) is 5.64. The van der Waals surface area contributed by atoms with E-state index in [1.165, 1.54) is 23.1 Å². The smallest absolute Gasteiger partial charge is 0.236 e. The van der Waals surface area contributed by atoms with Gasteiger partial charge in [0.1, 0.15) is 10.8 Å². The van der Waals surface area contributed by atoms with Crippen LogP contribution < -0.4 is 10.1 Å². The van der Waals surface area contributed by atoms with E-state index in [0.717, 1.165) is 17.2 Å². The Morgan fingerprint density at radius 3 is 2.74 bits per heavy atom. The zero-order chi connectivity index (χ0) is 19.2. The van der Waals surface area contributed by atoms with Gasteiger partial charge < -0.3 is 9.30 Å². The Morgan fingerprint density at radius 1 is 1.26 bits per heavy atom. The maximum absolute atomic E-state index is 12.1. The van der Waals surface area contributed by atoms with E-state index in [1.807, 2.05) is 55.8 Å². The molecule has 0 fully saturated rings. The number of nitrogens with one attached hydrogen (secondary N) is 1. The first kappa shape index (κ1) is 19.3. The molecule has 1 N–H and O–H groups in total. The Hall–Kier alpha value is -2.46. The molecule has 0 aliphatic heterocycles. The number of carbonyl (C=O) groups is 1. The molecule has 2 heterocycles. The Morgan fingerprint density at radius 2 is 2.04 bits per heavy atom. The van der Waals surface area contributed by atoms with Crippen molar-refractivity contribution in [2.45, 2.75) is 31.5 Å². The summed E-state index contributed by atoms with van der Waals surface area (Å²) in [6, 6.07) is 9.55. The van der Waals surface area contributed by atoms with Crippen LogP contribution in [-0.4, -0.2) is 36.6 Å². The second-order valence-corrected chi connectivity index (χ2v) is 7.67. The molecule has 0 unspecified atom stereocenters. The van der Waals surface area contributed by atoms with E-state index >= 15 is 0 Å². The van der Waals surface area contributed by atoms with Gasteiger partial charge in [0.2, 0.25) is 11.0 Å². The minimum Gasteiger partial charge on any atom is -0.483 e. The number of hydrogen-bond acceptors (Lipinski definition) is 8. The summed E-state index contributed by atoms with van der Waals surface area (Å²) in [5, 5.41) is 21.1. The third-order valence-electron chi connectivity index (χ3n) is 3.64. The largest absolute Gasteiger partial charge is 0.483 e. The van der Waals surface area contributed by atoms with Crippen LogP contribution in [0, 0.1) is 0 Å². The van der Waals surface area contributed by atoms with Crippen LogP contribution in [0.2, 0.25) is 0 Å². The van der Waals surface area contributed by atoms with Gasteiger partial charge in [0.15, 0.2) is 17.1 Å². The molecule has 0 saturated carbocycles. The number of ether oxygens (including phenoxy) is 1. The lowest BCUT2D eigenvalue weighted by Gasteiger charge is -2.14. The van der Waals surface area contributed by atoms with Crippen molar-refractivity contribution in [2.24, 2.45) is 7.05 Å². The van der Waals surface area contributed by atoms with Crippen LogP contribution in [0.3, 0.4) is 0 Å². The maximum atomic E-state index is 12.1. The molecule has 3 aromatic rings. The van der Waals surface area contributed by atoms with E-state index < -0.39 is 0 Å². The van der Waals surface area contributed by atoms with Gasteiger partial charge in [-0.15, -0.1) is 20.4 Å². The number of benzene rings is 1. The van der Waals surface area contributed by atoms with Gasteiger partial charge in [-0.25, -0.2) is 0 Å². The molecule has 1 atom stereocenters. The molecule has 0 aliphatic rings. The fourth-order valence-corrected chi connectivity index (χ4v) is 3.71. The molecular weight excluding hydrogens is 384 g/mol. The Labute approximate surface area is 165 Å². The highest BCUT2D eigenvalue weighted by Gasteiger charge is 2.18. The standard InChI is InChI=1S/C17H20N6O2S2/c1-4-14-19-21-16(27-14)18-13(24)10-26-17-22-20-15(23(17)3)11(2)25-12-8-6-5-7-9-12/h5-9,11H,4,10H2,1-3H3,(H,18,21,24)/t11-/m0/s1. The van der Waals surface area contributed by atoms with Crippen molar-refractivity contribution in [3.8, 4) is 5.75 Å². The molecule has 0 radical (unpaired) electrons. The number of aromatic nitrogens is 5. The molecule has 0 aliphatic carbocycles. The zero-order valence-corrected chi connectivity index (χ0v) is 16.9. The number of anilines is 1. The number of para-hydroxylation sites is 1. The number of thioether (sulfide) groups is 1. The second-order valence-electron chi connectivity index (χ2n) is 5.66. The first-order chi connectivity index (χ1) is 13.1. The third kappa shape index (κ3) is 5.04. The van der Waals surface area contributed by atoms with Gasteiger partial charge in [-0.1, -0.05) is 48.2 Å². The number of amides is 1. The lowest BCUT2D eigenvalue weighted by Crippen LogP contribution is -2.14. The molecular formula is C17H20N6O2S2. The summed E-state index contributed by atoms with van der Waals surface area (Å²) < 4.78 is 7.73. The summed E-state index contributed by atoms with van der Waals surface area (Å²) in [7, 11) is 1.86. The van der Waals surface area contributed by atoms with Crippen LogP contribution >= 0.6 is 23.1 Å². The predicted molar refractivity (Wildman–Crippen MR) is 105 cm³/mol. The average Bonchev–Trinajstić information content (AvgIpc) is 3.27. The quantitative estimate of drug-likeness (QED) is 0.576. The van der Waals surface area contributed by atoms with Crippen molar-refractivity contribution in [1.29, 1.82) is 0 Å². The summed E-state index contributed by atoms with van der Waals surface area (Å²) in [6.07, 6.45) is 0.537. The molecule has 1 amide bonds. The molecule has 8 nitrogen and oxygen atoms in total. The number of carbonyl (C=O) groups excluding carboxylic acids is 1. The Bertz CT molecular complexity index is 896. The van der Waals surface area contributed by atoms with Crippen molar-refractivity contribution < 1.29 is 9.53 Å². The zero-order valence-electron chi connectivity index (χ0n) is 15.2. The van der Waals surface area contributed by atoms with Crippen molar-refractivity contribution in [2.75, 3.05) is 11.1 Å². The highest BCUT2D eigenvalue weighted by atomic mass is 32.2. The molecule has 3 rings (SSSR count). The summed E-state index contributed by atoms with van der Waals surface area (Å²) in [5.41, 5.74) is 0. The van der Waals surface area contributed by atoms with Crippen LogP contribution in [0.15, 0.2) is 35.5 Å². The fraction of sp³-hybridized carbons (Fsp3) is 0.353. The van der Waals surface area contributed by atoms with E-state index in [9.17, 15) is 4.79 Å². The molecule has 142 valence electrons. The minimum absolute atomic E-state index is 0.156. The molecule has 0 bridgehead atoms. The summed E-state index contributed by atoms with van der Waals surface area (Å²) >= 11 is 2.69. The van der Waals surface area contributed by atoms with Gasteiger partial charge >= 0.3 is 0 Å². The lowest BCUT2D eigenvalue weighted by molar-refractivity contribution is -0.113. The SMILES string of the molecule is CCc1nnc(NC(=O)CSc2nnc([C@H](C)Oc3ccccc3)n2C)s1. The van der Waals surface area contributed by atoms with Crippen LogP contribution in [-0.2, 0) is 18.3 Å². The maximum Gasteiger partial charge on any atom is 0.236 e. The van der Waals surface area contributed by atoms with Crippen LogP contribution in [0.5, 0.6) is 5.75 Å². The summed E-state index contributed by atoms with van der Waals surface area (Å²) in [4.78, 5) is 12.1. The topological polar surface area (TPSA) is 94.8 Å². The van der Waals surface area contributed by atoms with Gasteiger partial charge in [-0.3, -0.25) is 10.1 Å². The lowest BCUT2D eigenvalue weighted by atomic mass is 10.3. The number of rotatable bonds is 8. The van der Waals surface area contributed by atoms with Crippen molar-refractivity contribution in [3.05, 3.63) is 41.2 Å². The van der Waals surface area contributed by atoms with Gasteiger partial charge in [0.25, 0.3) is 0 Å². The first-order valence-electron chi connectivity index (χ1n) is 8.42. The average molecular weight is 405 g/mol. The minimum atomic E-state index is -0.262. The molecule has 0 spiro atoms. The molecule has 2 aromatic heterocycles. The first-order valence-corrected chi connectivity index (χ1v) is 10.2.